The molecule has 0 aliphatic carbocycles. The minimum absolute atomic E-state index is 0.0666. The number of carbonyl (C=O) groups excluding carboxylic acids is 1. The van der Waals surface area contributed by atoms with Crippen molar-refractivity contribution in [2.45, 2.75) is 0 Å². The van der Waals surface area contributed by atoms with E-state index in [1.807, 2.05) is 6.07 Å². The number of furan rings is 1. The van der Waals surface area contributed by atoms with Crippen molar-refractivity contribution in [2.75, 3.05) is 5.32 Å². The monoisotopic (exact) mass is 254 g/mol. The van der Waals surface area contributed by atoms with Crippen LogP contribution >= 0.6 is 0 Å². The van der Waals surface area contributed by atoms with Gasteiger partial charge in [-0.3, -0.25) is 4.79 Å². The Morgan fingerprint density at radius 1 is 1.32 bits per heavy atom. The van der Waals surface area contributed by atoms with E-state index in [-0.39, 0.29) is 11.3 Å². The molecule has 1 aromatic heterocycles. The van der Waals surface area contributed by atoms with Gasteiger partial charge in [-0.15, -0.1) is 0 Å². The summed E-state index contributed by atoms with van der Waals surface area (Å²) < 4.78 is 5.04. The molecule has 0 saturated carbocycles. The Labute approximate surface area is 109 Å². The lowest BCUT2D eigenvalue weighted by Gasteiger charge is -2.03. The van der Waals surface area contributed by atoms with E-state index in [0.29, 0.717) is 11.4 Å². The van der Waals surface area contributed by atoms with Crippen molar-refractivity contribution in [3.05, 3.63) is 54.0 Å². The van der Waals surface area contributed by atoms with Gasteiger partial charge in [-0.05, 0) is 36.4 Å². The van der Waals surface area contributed by atoms with Gasteiger partial charge < -0.3 is 14.8 Å². The van der Waals surface area contributed by atoms with Crippen LogP contribution in [0.25, 0.3) is 6.08 Å². The lowest BCUT2D eigenvalue weighted by molar-refractivity contribution is -0.112. The Morgan fingerprint density at radius 2 is 2.05 bits per heavy atom. The number of rotatable bonds is 3. The van der Waals surface area contributed by atoms with Crippen LogP contribution in [0.4, 0.5) is 5.69 Å². The summed E-state index contributed by atoms with van der Waals surface area (Å²) in [5.41, 5.74) is 0.423. The molecule has 0 atom stereocenters. The van der Waals surface area contributed by atoms with Crippen LogP contribution in [0.2, 0.25) is 0 Å². The largest absolute Gasteiger partial charge is 0.508 e. The van der Waals surface area contributed by atoms with Gasteiger partial charge >= 0.3 is 0 Å². The van der Waals surface area contributed by atoms with Crippen molar-refractivity contribution < 1.29 is 14.3 Å². The van der Waals surface area contributed by atoms with Crippen LogP contribution in [0, 0.1) is 11.3 Å². The van der Waals surface area contributed by atoms with Crippen molar-refractivity contribution >= 4 is 17.7 Å². The molecule has 0 bridgehead atoms. The molecular formula is C14H10N2O3. The minimum atomic E-state index is -0.537. The maximum atomic E-state index is 11.8. The summed E-state index contributed by atoms with van der Waals surface area (Å²) in [6.45, 7) is 0. The summed E-state index contributed by atoms with van der Waals surface area (Å²) in [6, 6.07) is 11.1. The van der Waals surface area contributed by atoms with Gasteiger partial charge in [0.15, 0.2) is 0 Å². The highest BCUT2D eigenvalue weighted by Crippen LogP contribution is 2.15. The molecule has 5 nitrogen and oxygen atoms in total. The fourth-order valence-electron chi connectivity index (χ4n) is 1.41. The molecule has 19 heavy (non-hydrogen) atoms. The third-order valence-electron chi connectivity index (χ3n) is 2.32. The first-order chi connectivity index (χ1) is 9.19. The van der Waals surface area contributed by atoms with Crippen molar-refractivity contribution in [3.8, 4) is 11.8 Å². The number of nitriles is 1. The van der Waals surface area contributed by atoms with Crippen LogP contribution in [0.15, 0.2) is 52.7 Å². The van der Waals surface area contributed by atoms with E-state index in [4.69, 9.17) is 14.8 Å². The molecule has 2 N–H and O–H groups in total. The van der Waals surface area contributed by atoms with Gasteiger partial charge in [0.25, 0.3) is 5.91 Å². The Hall–Kier alpha value is -3.00. The highest BCUT2D eigenvalue weighted by Gasteiger charge is 2.10. The molecule has 0 unspecified atom stereocenters. The van der Waals surface area contributed by atoms with Gasteiger partial charge in [-0.25, -0.2) is 0 Å². The van der Waals surface area contributed by atoms with E-state index < -0.39 is 5.91 Å². The number of aromatic hydroxyl groups is 1. The highest BCUT2D eigenvalue weighted by atomic mass is 16.3. The highest BCUT2D eigenvalue weighted by molar-refractivity contribution is 6.09. The second-order valence-electron chi connectivity index (χ2n) is 3.69. The number of phenols is 1. The average molecular weight is 254 g/mol. The zero-order chi connectivity index (χ0) is 13.7. The number of hydrogen-bond acceptors (Lipinski definition) is 4. The zero-order valence-corrected chi connectivity index (χ0v) is 9.83. The molecule has 2 aromatic rings. The zero-order valence-electron chi connectivity index (χ0n) is 9.83. The number of anilines is 1. The third kappa shape index (κ3) is 3.23. The summed E-state index contributed by atoms with van der Waals surface area (Å²) >= 11 is 0. The Balaban J connectivity index is 2.14. The van der Waals surface area contributed by atoms with Gasteiger partial charge in [0, 0.05) is 11.8 Å². The van der Waals surface area contributed by atoms with Crippen molar-refractivity contribution in [3.63, 3.8) is 0 Å². The predicted molar refractivity (Wildman–Crippen MR) is 69.0 cm³/mol. The summed E-state index contributed by atoms with van der Waals surface area (Å²) in [7, 11) is 0. The maximum Gasteiger partial charge on any atom is 0.266 e. The average Bonchev–Trinajstić information content (AvgIpc) is 2.91. The Morgan fingerprint density at radius 3 is 2.63 bits per heavy atom. The molecule has 0 aliphatic rings. The van der Waals surface area contributed by atoms with Crippen molar-refractivity contribution in [2.24, 2.45) is 0 Å². The fraction of sp³-hybridized carbons (Fsp3) is 0. The number of carbonyl (C=O) groups is 1. The van der Waals surface area contributed by atoms with E-state index in [9.17, 15) is 4.79 Å². The van der Waals surface area contributed by atoms with Gasteiger partial charge in [0.05, 0.1) is 6.26 Å². The number of nitrogens with zero attached hydrogens (tertiary/aromatic N) is 1. The third-order valence-corrected chi connectivity index (χ3v) is 2.32. The summed E-state index contributed by atoms with van der Waals surface area (Å²) in [5.74, 6) is -0.00775. The first kappa shape index (κ1) is 12.5. The lowest BCUT2D eigenvalue weighted by atomic mass is 10.2. The minimum Gasteiger partial charge on any atom is -0.508 e. The van der Waals surface area contributed by atoms with Crippen LogP contribution in [0.1, 0.15) is 5.76 Å². The summed E-state index contributed by atoms with van der Waals surface area (Å²) in [6.07, 6.45) is 2.81. The maximum absolute atomic E-state index is 11.8. The smallest absolute Gasteiger partial charge is 0.266 e. The SMILES string of the molecule is N#C/C(=C\c1ccco1)C(=O)Nc1ccc(O)cc1. The van der Waals surface area contributed by atoms with Crippen LogP contribution in [-0.2, 0) is 4.79 Å². The Bertz CT molecular complexity index is 634. The van der Waals surface area contributed by atoms with Crippen molar-refractivity contribution in [1.82, 2.24) is 0 Å². The van der Waals surface area contributed by atoms with Gasteiger partial charge in [0.1, 0.15) is 23.2 Å². The topological polar surface area (TPSA) is 86.3 Å². The molecule has 1 heterocycles. The molecule has 0 radical (unpaired) electrons. The van der Waals surface area contributed by atoms with E-state index >= 15 is 0 Å². The van der Waals surface area contributed by atoms with Crippen LogP contribution < -0.4 is 5.32 Å². The molecule has 0 spiro atoms. The number of hydrogen-bond donors (Lipinski definition) is 2. The number of amides is 1. The number of benzene rings is 1. The molecule has 0 saturated heterocycles. The molecule has 94 valence electrons. The second kappa shape index (κ2) is 5.56. The fourth-order valence-corrected chi connectivity index (χ4v) is 1.41. The van der Waals surface area contributed by atoms with Crippen LogP contribution in [-0.4, -0.2) is 11.0 Å². The second-order valence-corrected chi connectivity index (χ2v) is 3.69. The van der Waals surface area contributed by atoms with E-state index in [2.05, 4.69) is 5.32 Å². The van der Waals surface area contributed by atoms with Gasteiger partial charge in [0.2, 0.25) is 0 Å². The standard InChI is InChI=1S/C14H10N2O3/c15-9-10(8-13-2-1-7-19-13)14(18)16-11-3-5-12(17)6-4-11/h1-8,17H,(H,16,18)/b10-8+. The molecule has 0 aliphatic heterocycles. The van der Waals surface area contributed by atoms with Gasteiger partial charge in [-0.2, -0.15) is 5.26 Å². The van der Waals surface area contributed by atoms with E-state index in [1.54, 1.807) is 12.1 Å². The number of phenolic OH excluding ortho intramolecular Hbond substituents is 1. The quantitative estimate of drug-likeness (QED) is 0.500. The molecule has 1 aromatic carbocycles. The lowest BCUT2D eigenvalue weighted by Crippen LogP contribution is -2.13. The molecule has 0 fully saturated rings. The van der Waals surface area contributed by atoms with Crippen molar-refractivity contribution in [1.29, 1.82) is 5.26 Å². The molecule has 5 heteroatoms. The van der Waals surface area contributed by atoms with Crippen LogP contribution in [0.3, 0.4) is 0 Å². The molecule has 1 amide bonds. The normalized spacial score (nSPS) is 10.8. The van der Waals surface area contributed by atoms with E-state index in [1.165, 1.54) is 36.6 Å². The molecule has 2 rings (SSSR count). The summed E-state index contributed by atoms with van der Waals surface area (Å²) in [5, 5.41) is 20.6. The summed E-state index contributed by atoms with van der Waals surface area (Å²) in [4.78, 5) is 11.8. The molecular weight excluding hydrogens is 244 g/mol. The first-order valence-corrected chi connectivity index (χ1v) is 5.45. The first-order valence-electron chi connectivity index (χ1n) is 5.45. The predicted octanol–water partition coefficient (Wildman–Crippen LogP) is 2.53. The van der Waals surface area contributed by atoms with Crippen LogP contribution in [0.5, 0.6) is 5.75 Å². The van der Waals surface area contributed by atoms with Gasteiger partial charge in [-0.1, -0.05) is 0 Å². The number of nitrogens with one attached hydrogen (secondary N) is 1. The Kier molecular flexibility index (Phi) is 3.64. The van der Waals surface area contributed by atoms with E-state index in [0.717, 1.165) is 0 Å².